The second kappa shape index (κ2) is 6.20. The third kappa shape index (κ3) is 3.55. The van der Waals surface area contributed by atoms with Crippen molar-refractivity contribution < 1.29 is 23.0 Å². The van der Waals surface area contributed by atoms with Crippen LogP contribution in [-0.4, -0.2) is 29.7 Å². The van der Waals surface area contributed by atoms with Gasteiger partial charge in [-0.25, -0.2) is 13.6 Å². The van der Waals surface area contributed by atoms with E-state index >= 15 is 0 Å². The zero-order valence-electron chi connectivity index (χ0n) is 13.3. The van der Waals surface area contributed by atoms with Gasteiger partial charge in [0.05, 0.1) is 19.3 Å². The van der Waals surface area contributed by atoms with Crippen LogP contribution in [0.5, 0.6) is 0 Å². The van der Waals surface area contributed by atoms with Crippen molar-refractivity contribution in [2.75, 3.05) is 13.2 Å². The molecule has 6 heteroatoms. The summed E-state index contributed by atoms with van der Waals surface area (Å²) in [4.78, 5) is 13.7. The van der Waals surface area contributed by atoms with E-state index in [-0.39, 0.29) is 13.2 Å². The summed E-state index contributed by atoms with van der Waals surface area (Å²) in [6, 6.07) is 1.46. The third-order valence-corrected chi connectivity index (χ3v) is 3.39. The molecule has 22 heavy (non-hydrogen) atoms. The first-order valence-electron chi connectivity index (χ1n) is 7.28. The van der Waals surface area contributed by atoms with Gasteiger partial charge < -0.3 is 9.47 Å². The van der Waals surface area contributed by atoms with E-state index in [0.29, 0.717) is 17.7 Å². The van der Waals surface area contributed by atoms with Gasteiger partial charge in [-0.2, -0.15) is 0 Å². The fraction of sp³-hybridized carbons (Fsp3) is 0.562. The van der Waals surface area contributed by atoms with E-state index in [0.717, 1.165) is 6.07 Å². The molecule has 0 N–H and O–H groups in total. The van der Waals surface area contributed by atoms with Crippen molar-refractivity contribution in [3.63, 3.8) is 0 Å². The van der Waals surface area contributed by atoms with Gasteiger partial charge in [0.1, 0.15) is 17.2 Å². The fourth-order valence-corrected chi connectivity index (χ4v) is 2.54. The van der Waals surface area contributed by atoms with E-state index in [1.54, 1.807) is 27.7 Å². The average Bonchev–Trinajstić information content (AvgIpc) is 2.36. The first kappa shape index (κ1) is 16.7. The maximum absolute atomic E-state index is 14.2. The monoisotopic (exact) mass is 313 g/mol. The first-order valence-corrected chi connectivity index (χ1v) is 7.28. The minimum absolute atomic E-state index is 0.131. The summed E-state index contributed by atoms with van der Waals surface area (Å²) in [6.07, 6.45) is -0.542. The summed E-state index contributed by atoms with van der Waals surface area (Å²) in [5.41, 5.74) is 0.0839. The summed E-state index contributed by atoms with van der Waals surface area (Å²) >= 11 is 0. The molecule has 1 atom stereocenters. The molecule has 0 bridgehead atoms. The van der Waals surface area contributed by atoms with E-state index in [9.17, 15) is 13.6 Å². The van der Waals surface area contributed by atoms with E-state index in [4.69, 9.17) is 9.47 Å². The Hall–Kier alpha value is -1.69. The van der Waals surface area contributed by atoms with Crippen LogP contribution in [0.4, 0.5) is 13.6 Å². The molecule has 0 saturated heterocycles. The molecule has 1 amide bonds. The van der Waals surface area contributed by atoms with E-state index in [2.05, 4.69) is 0 Å². The van der Waals surface area contributed by atoms with Crippen LogP contribution < -0.4 is 0 Å². The number of nitrogens with zero attached hydrogens (tertiary/aromatic N) is 1. The Bertz CT molecular complexity index is 569. The van der Waals surface area contributed by atoms with Crippen LogP contribution in [0.25, 0.3) is 0 Å². The molecule has 0 radical (unpaired) electrons. The van der Waals surface area contributed by atoms with Crippen molar-refractivity contribution in [3.05, 3.63) is 34.9 Å². The predicted molar refractivity (Wildman–Crippen MR) is 77.4 cm³/mol. The molecule has 0 fully saturated rings. The SMILES string of the molecule is CCN(C(=O)OC(C)(C)C)C1COCc2cc(F)cc(F)c21. The quantitative estimate of drug-likeness (QED) is 0.834. The van der Waals surface area contributed by atoms with Crippen LogP contribution in [0.2, 0.25) is 0 Å². The Morgan fingerprint density at radius 3 is 2.68 bits per heavy atom. The number of hydrogen-bond donors (Lipinski definition) is 0. The largest absolute Gasteiger partial charge is 0.444 e. The lowest BCUT2D eigenvalue weighted by atomic mass is 9.97. The summed E-state index contributed by atoms with van der Waals surface area (Å²) in [6.45, 7) is 7.69. The molecular formula is C16H21F2NO3. The number of fused-ring (bicyclic) bond motifs is 1. The third-order valence-electron chi connectivity index (χ3n) is 3.39. The smallest absolute Gasteiger partial charge is 0.410 e. The second-order valence-electron chi connectivity index (χ2n) is 6.26. The van der Waals surface area contributed by atoms with Gasteiger partial charge in [-0.15, -0.1) is 0 Å². The molecule has 1 aromatic rings. The van der Waals surface area contributed by atoms with Crippen LogP contribution in [0.1, 0.15) is 44.9 Å². The number of likely N-dealkylation sites (N-methyl/N-ethyl adjacent to an activating group) is 1. The van der Waals surface area contributed by atoms with Crippen LogP contribution in [0.3, 0.4) is 0 Å². The summed E-state index contributed by atoms with van der Waals surface area (Å²) in [5.74, 6) is -1.31. The van der Waals surface area contributed by atoms with Gasteiger partial charge in [-0.1, -0.05) is 0 Å². The second-order valence-corrected chi connectivity index (χ2v) is 6.26. The number of benzene rings is 1. The van der Waals surface area contributed by atoms with Gasteiger partial charge in [-0.3, -0.25) is 4.90 Å². The highest BCUT2D eigenvalue weighted by molar-refractivity contribution is 5.69. The zero-order chi connectivity index (χ0) is 16.5. The highest BCUT2D eigenvalue weighted by Crippen LogP contribution is 2.33. The van der Waals surface area contributed by atoms with Gasteiger partial charge in [0.2, 0.25) is 0 Å². The standard InChI is InChI=1S/C16H21F2NO3/c1-5-19(15(20)22-16(2,3)4)13-9-21-8-10-6-11(17)7-12(18)14(10)13/h6-7,13H,5,8-9H2,1-4H3. The van der Waals surface area contributed by atoms with Gasteiger partial charge in [0.15, 0.2) is 0 Å². The van der Waals surface area contributed by atoms with Crippen LogP contribution in [0.15, 0.2) is 12.1 Å². The summed E-state index contributed by atoms with van der Waals surface area (Å²) in [5, 5.41) is 0. The van der Waals surface area contributed by atoms with E-state index in [1.807, 2.05) is 0 Å². The maximum Gasteiger partial charge on any atom is 0.410 e. The van der Waals surface area contributed by atoms with Crippen molar-refractivity contribution in [2.24, 2.45) is 0 Å². The van der Waals surface area contributed by atoms with Crippen molar-refractivity contribution in [1.82, 2.24) is 4.90 Å². The van der Waals surface area contributed by atoms with Crippen LogP contribution in [0, 0.1) is 11.6 Å². The van der Waals surface area contributed by atoms with Crippen molar-refractivity contribution >= 4 is 6.09 Å². The lowest BCUT2D eigenvalue weighted by Crippen LogP contribution is -2.42. The molecule has 1 heterocycles. The molecule has 0 spiro atoms. The normalized spacial score (nSPS) is 17.8. The van der Waals surface area contributed by atoms with E-state index in [1.165, 1.54) is 11.0 Å². The molecule has 2 rings (SSSR count). The van der Waals surface area contributed by atoms with Crippen molar-refractivity contribution in [3.8, 4) is 0 Å². The minimum atomic E-state index is -0.662. The molecule has 4 nitrogen and oxygen atoms in total. The van der Waals surface area contributed by atoms with Gasteiger partial charge >= 0.3 is 6.09 Å². The highest BCUT2D eigenvalue weighted by atomic mass is 19.1. The lowest BCUT2D eigenvalue weighted by molar-refractivity contribution is -0.00746. The molecule has 1 unspecified atom stereocenters. The predicted octanol–water partition coefficient (Wildman–Crippen LogP) is 3.79. The van der Waals surface area contributed by atoms with Crippen LogP contribution in [-0.2, 0) is 16.1 Å². The van der Waals surface area contributed by atoms with Gasteiger partial charge in [0, 0.05) is 18.2 Å². The molecule has 0 aromatic heterocycles. The Morgan fingerprint density at radius 1 is 1.41 bits per heavy atom. The van der Waals surface area contributed by atoms with Crippen LogP contribution >= 0.6 is 0 Å². The number of carbonyl (C=O) groups is 1. The number of carbonyl (C=O) groups excluding carboxylic acids is 1. The Morgan fingerprint density at radius 2 is 2.09 bits per heavy atom. The lowest BCUT2D eigenvalue weighted by Gasteiger charge is -2.36. The zero-order valence-corrected chi connectivity index (χ0v) is 13.3. The van der Waals surface area contributed by atoms with Crippen molar-refractivity contribution in [2.45, 2.75) is 45.9 Å². The fourth-order valence-electron chi connectivity index (χ4n) is 2.54. The number of ether oxygens (including phenoxy) is 2. The van der Waals surface area contributed by atoms with Gasteiger partial charge in [0.25, 0.3) is 0 Å². The van der Waals surface area contributed by atoms with Crippen molar-refractivity contribution in [1.29, 1.82) is 0 Å². The van der Waals surface area contributed by atoms with Gasteiger partial charge in [-0.05, 0) is 39.3 Å². The topological polar surface area (TPSA) is 38.8 Å². The maximum atomic E-state index is 14.2. The minimum Gasteiger partial charge on any atom is -0.444 e. The average molecular weight is 313 g/mol. The molecule has 1 aliphatic heterocycles. The summed E-state index contributed by atoms with van der Waals surface area (Å²) < 4.78 is 38.3. The molecule has 1 aliphatic rings. The number of halogens is 2. The summed E-state index contributed by atoms with van der Waals surface area (Å²) in [7, 11) is 0. The molecular weight excluding hydrogens is 292 g/mol. The number of amides is 1. The molecule has 0 saturated carbocycles. The Kier molecular flexibility index (Phi) is 4.70. The Balaban J connectivity index is 2.35. The molecule has 1 aromatic carbocycles. The number of hydrogen-bond acceptors (Lipinski definition) is 3. The number of rotatable bonds is 2. The van der Waals surface area contributed by atoms with E-state index < -0.39 is 29.4 Å². The molecule has 122 valence electrons. The molecule has 0 aliphatic carbocycles. The Labute approximate surface area is 129 Å². The first-order chi connectivity index (χ1) is 10.2. The highest BCUT2D eigenvalue weighted by Gasteiger charge is 2.34.